The third kappa shape index (κ3) is 0.661. The Morgan fingerprint density at radius 3 is 1.70 bits per heavy atom. The van der Waals surface area contributed by atoms with E-state index in [-0.39, 0.29) is 0 Å². The summed E-state index contributed by atoms with van der Waals surface area (Å²) in [6.07, 6.45) is 8.18. The van der Waals surface area contributed by atoms with E-state index in [1.54, 1.807) is 0 Å². The Morgan fingerprint density at radius 1 is 0.900 bits per heavy atom. The fourth-order valence-corrected chi connectivity index (χ4v) is 0.541. The lowest BCUT2D eigenvalue weighted by Gasteiger charge is -1.91. The highest BCUT2D eigenvalue weighted by atomic mass is 15.7. The van der Waals surface area contributed by atoms with E-state index in [0.29, 0.717) is 0 Å². The maximum Gasteiger partial charge on any atom is 0.137 e. The molecule has 2 aromatic rings. The van der Waals surface area contributed by atoms with Crippen molar-refractivity contribution in [1.29, 1.82) is 0 Å². The molecule has 0 bridgehead atoms. The molecule has 6 heteroatoms. The molecular formula is C4H2N6. The second-order valence-electron chi connectivity index (χ2n) is 1.51. The molecule has 0 saturated heterocycles. The molecule has 0 aliphatic heterocycles. The quantitative estimate of drug-likeness (QED) is 0.490. The van der Waals surface area contributed by atoms with Crippen LogP contribution < -0.4 is 0 Å². The topological polar surface area (TPSA) is 61.4 Å². The summed E-state index contributed by atoms with van der Waals surface area (Å²) in [4.78, 5) is 2.57. The highest BCUT2D eigenvalue weighted by Gasteiger charge is 1.93. The zero-order chi connectivity index (χ0) is 6.81. The van der Waals surface area contributed by atoms with Gasteiger partial charge < -0.3 is 0 Å². The predicted octanol–water partition coefficient (Wildman–Crippen LogP) is -1.22. The van der Waals surface area contributed by atoms with Gasteiger partial charge >= 0.3 is 0 Å². The lowest BCUT2D eigenvalue weighted by atomic mass is 10.9. The minimum atomic E-state index is 1.28. The summed E-state index contributed by atoms with van der Waals surface area (Å²) in [5.74, 6) is 0. The van der Waals surface area contributed by atoms with Crippen LogP contribution in [0.15, 0.2) is 12.4 Å². The van der Waals surface area contributed by atoms with Crippen molar-refractivity contribution in [1.82, 2.24) is 30.2 Å². The highest BCUT2D eigenvalue weighted by molar-refractivity contribution is 4.65. The maximum absolute atomic E-state index is 3.60. The molecule has 0 fully saturated rings. The van der Waals surface area contributed by atoms with E-state index in [0.717, 1.165) is 0 Å². The Labute approximate surface area is 56.0 Å². The van der Waals surface area contributed by atoms with Crippen molar-refractivity contribution in [2.24, 2.45) is 0 Å². The molecule has 48 valence electrons. The minimum Gasteiger partial charge on any atom is -0.136 e. The first kappa shape index (κ1) is 5.10. The molecule has 0 aliphatic rings. The number of aromatic nitrogens is 6. The number of hydrogen-bond donors (Lipinski definition) is 0. The summed E-state index contributed by atoms with van der Waals surface area (Å²) in [6, 6.07) is 0. The van der Waals surface area contributed by atoms with Crippen molar-refractivity contribution < 1.29 is 0 Å². The fourth-order valence-electron chi connectivity index (χ4n) is 0.541. The monoisotopic (exact) mass is 134 g/mol. The van der Waals surface area contributed by atoms with Gasteiger partial charge in [0.15, 0.2) is 0 Å². The molecule has 0 atom stereocenters. The molecule has 0 aromatic carbocycles. The summed E-state index contributed by atoms with van der Waals surface area (Å²) < 4.78 is 0. The van der Waals surface area contributed by atoms with Crippen LogP contribution in [0.2, 0.25) is 0 Å². The lowest BCUT2D eigenvalue weighted by molar-refractivity contribution is 0.469. The van der Waals surface area contributed by atoms with E-state index in [1.807, 2.05) is 0 Å². The molecule has 2 aromatic heterocycles. The molecule has 0 amide bonds. The standard InChI is InChI=1S/C4H2N6/c1-3-9(7-5-1)10-4-2-6-8-10/h1-2H. The van der Waals surface area contributed by atoms with Crippen LogP contribution in [0.1, 0.15) is 0 Å². The summed E-state index contributed by atoms with van der Waals surface area (Å²) in [6.45, 7) is 0. The van der Waals surface area contributed by atoms with Gasteiger partial charge in [0.1, 0.15) is 12.4 Å². The molecule has 2 heterocycles. The second kappa shape index (κ2) is 1.90. The van der Waals surface area contributed by atoms with Gasteiger partial charge in [-0.1, -0.05) is 0 Å². The van der Waals surface area contributed by atoms with Gasteiger partial charge in [-0.25, -0.2) is 0 Å². The van der Waals surface area contributed by atoms with Gasteiger partial charge in [0.25, 0.3) is 0 Å². The first-order valence-electron chi connectivity index (χ1n) is 2.54. The fraction of sp³-hybridized carbons (Fsp3) is 0. The van der Waals surface area contributed by atoms with E-state index in [9.17, 15) is 0 Å². The molecule has 0 saturated carbocycles. The van der Waals surface area contributed by atoms with Crippen molar-refractivity contribution in [3.05, 3.63) is 24.8 Å². The molecule has 0 unspecified atom stereocenters. The van der Waals surface area contributed by atoms with Gasteiger partial charge in [-0.2, -0.15) is 0 Å². The van der Waals surface area contributed by atoms with Gasteiger partial charge in [0, 0.05) is 0 Å². The minimum absolute atomic E-state index is 1.28. The van der Waals surface area contributed by atoms with Crippen LogP contribution in [0.3, 0.4) is 0 Å². The zero-order valence-electron chi connectivity index (χ0n) is 4.84. The van der Waals surface area contributed by atoms with E-state index in [4.69, 9.17) is 0 Å². The molecule has 10 heavy (non-hydrogen) atoms. The molecule has 2 rings (SSSR count). The van der Waals surface area contributed by atoms with Crippen molar-refractivity contribution in [3.63, 3.8) is 0 Å². The summed E-state index contributed by atoms with van der Waals surface area (Å²) in [5, 5.41) is 14.3. The normalized spacial score (nSPS) is 10.0. The first-order valence-corrected chi connectivity index (χ1v) is 2.54. The third-order valence-electron chi connectivity index (χ3n) is 0.914. The van der Waals surface area contributed by atoms with Gasteiger partial charge in [-0.05, 0) is 10.4 Å². The number of nitrogens with zero attached hydrogens (tertiary/aromatic N) is 6. The Kier molecular flexibility index (Phi) is 0.970. The average molecular weight is 134 g/mol. The first-order chi connectivity index (χ1) is 4.97. The Balaban J connectivity index is 2.48. The van der Waals surface area contributed by atoms with Crippen LogP contribution in [0.25, 0.3) is 0 Å². The number of rotatable bonds is 1. The third-order valence-corrected chi connectivity index (χ3v) is 0.914. The van der Waals surface area contributed by atoms with Gasteiger partial charge in [-0.3, -0.25) is 0 Å². The van der Waals surface area contributed by atoms with E-state index < -0.39 is 0 Å². The smallest absolute Gasteiger partial charge is 0.136 e. The van der Waals surface area contributed by atoms with Crippen LogP contribution in [0.5, 0.6) is 0 Å². The molecule has 0 N–H and O–H groups in total. The van der Waals surface area contributed by atoms with Crippen molar-refractivity contribution in [2.75, 3.05) is 0 Å². The molecular weight excluding hydrogens is 132 g/mol. The van der Waals surface area contributed by atoms with E-state index in [2.05, 4.69) is 33.0 Å². The maximum atomic E-state index is 3.60. The predicted molar refractivity (Wildman–Crippen MR) is 28.5 cm³/mol. The van der Waals surface area contributed by atoms with Crippen molar-refractivity contribution >= 4 is 0 Å². The lowest BCUT2D eigenvalue weighted by Crippen LogP contribution is -2.11. The van der Waals surface area contributed by atoms with Crippen LogP contribution in [0.4, 0.5) is 0 Å². The average Bonchev–Trinajstić information content (AvgIpc) is 2.59. The Morgan fingerprint density at radius 2 is 1.40 bits per heavy atom. The summed E-state index contributed by atoms with van der Waals surface area (Å²) >= 11 is 0. The van der Waals surface area contributed by atoms with Crippen LogP contribution in [-0.4, -0.2) is 30.2 Å². The largest absolute Gasteiger partial charge is 0.137 e. The van der Waals surface area contributed by atoms with Crippen LogP contribution in [0, 0.1) is 12.4 Å². The number of hydrogen-bond acceptors (Lipinski definition) is 4. The van der Waals surface area contributed by atoms with Gasteiger partial charge in [-0.15, -0.1) is 19.8 Å². The van der Waals surface area contributed by atoms with Crippen LogP contribution >= 0.6 is 0 Å². The summed E-state index contributed by atoms with van der Waals surface area (Å²) in [5.41, 5.74) is 0. The second-order valence-corrected chi connectivity index (χ2v) is 1.51. The van der Waals surface area contributed by atoms with E-state index in [1.165, 1.54) is 22.0 Å². The Hall–Kier alpha value is -1.72. The molecule has 0 aliphatic carbocycles. The van der Waals surface area contributed by atoms with E-state index >= 15 is 0 Å². The molecule has 0 spiro atoms. The molecule has 6 nitrogen and oxygen atoms in total. The van der Waals surface area contributed by atoms with Crippen molar-refractivity contribution in [2.45, 2.75) is 0 Å². The molecule has 2 radical (unpaired) electrons. The highest BCUT2D eigenvalue weighted by Crippen LogP contribution is 1.79. The van der Waals surface area contributed by atoms with Crippen molar-refractivity contribution in [3.8, 4) is 0 Å². The zero-order valence-corrected chi connectivity index (χ0v) is 4.84. The van der Waals surface area contributed by atoms with Gasteiger partial charge in [0.2, 0.25) is 0 Å². The summed E-state index contributed by atoms with van der Waals surface area (Å²) in [7, 11) is 0. The van der Waals surface area contributed by atoms with Crippen LogP contribution in [-0.2, 0) is 0 Å². The van der Waals surface area contributed by atoms with Gasteiger partial charge in [0.05, 0.1) is 12.4 Å². The SMILES string of the molecule is [c]1cnnn1-n1[c]cnn1. The Bertz CT molecular complexity index is 249.